The van der Waals surface area contributed by atoms with E-state index in [2.05, 4.69) is 125 Å². The SMILES string of the molecule is Cc1ccccc1[PH][Pd]([PH]c1ccccc1C)([PH]c1ccccc1C)[PH]c1ccccc1C. The molecular weight excluding hydrogens is 567 g/mol. The van der Waals surface area contributed by atoms with Crippen molar-refractivity contribution < 1.29 is 13.6 Å². The summed E-state index contributed by atoms with van der Waals surface area (Å²) >= 11 is -1.93. The molecule has 0 fully saturated rings. The first-order chi connectivity index (χ1) is 16.0. The van der Waals surface area contributed by atoms with E-state index in [1.54, 1.807) is 21.2 Å². The fraction of sp³-hybridized carbons (Fsp3) is 0.143. The molecule has 174 valence electrons. The van der Waals surface area contributed by atoms with Crippen molar-refractivity contribution in [3.8, 4) is 0 Å². The van der Waals surface area contributed by atoms with Crippen LogP contribution in [0, 0.1) is 27.7 Å². The molecule has 0 saturated heterocycles. The Morgan fingerprint density at radius 2 is 0.576 bits per heavy atom. The normalized spacial score (nSPS) is 15.4. The first kappa shape index (κ1) is 25.4. The van der Waals surface area contributed by atoms with Gasteiger partial charge in [0.25, 0.3) is 0 Å². The topological polar surface area (TPSA) is 0 Å². The number of hydrogen-bond donors (Lipinski definition) is 0. The van der Waals surface area contributed by atoms with E-state index in [0.29, 0.717) is 0 Å². The van der Waals surface area contributed by atoms with Crippen molar-refractivity contribution in [2.24, 2.45) is 0 Å². The summed E-state index contributed by atoms with van der Waals surface area (Å²) in [6, 6.07) is 36.5. The van der Waals surface area contributed by atoms with Crippen molar-refractivity contribution in [2.45, 2.75) is 27.7 Å². The molecule has 0 N–H and O–H groups in total. The average Bonchev–Trinajstić information content (AvgIpc) is 2.80. The van der Waals surface area contributed by atoms with Gasteiger partial charge in [0.1, 0.15) is 0 Å². The average molecular weight is 599 g/mol. The third-order valence-corrected chi connectivity index (χ3v) is 38.1. The second-order valence-electron chi connectivity index (χ2n) is 8.05. The van der Waals surface area contributed by atoms with Gasteiger partial charge in [-0.05, 0) is 0 Å². The number of rotatable bonds is 8. The molecule has 0 bridgehead atoms. The molecule has 0 aliphatic heterocycles. The maximum atomic E-state index is 2.39. The minimum absolute atomic E-state index is 0.917. The Hall–Kier alpha value is -0.738. The van der Waals surface area contributed by atoms with Crippen LogP contribution in [-0.4, -0.2) is 0 Å². The Balaban J connectivity index is 1.86. The molecule has 0 saturated carbocycles. The Kier molecular flexibility index (Phi) is 9.07. The van der Waals surface area contributed by atoms with Crippen LogP contribution >= 0.6 is 27.1 Å². The van der Waals surface area contributed by atoms with Gasteiger partial charge in [-0.2, -0.15) is 0 Å². The zero-order valence-electron chi connectivity index (χ0n) is 19.6. The molecule has 0 spiro atoms. The van der Waals surface area contributed by atoms with Crippen LogP contribution in [0.2, 0.25) is 0 Å². The van der Waals surface area contributed by atoms with Crippen molar-refractivity contribution in [1.82, 2.24) is 0 Å². The Labute approximate surface area is 207 Å². The number of hydrogen-bond acceptors (Lipinski definition) is 0. The van der Waals surface area contributed by atoms with E-state index < -0.39 is 13.6 Å². The van der Waals surface area contributed by atoms with Gasteiger partial charge in [-0.3, -0.25) is 0 Å². The summed E-state index contributed by atoms with van der Waals surface area (Å²) in [4.78, 5) is 0. The van der Waals surface area contributed by atoms with Crippen LogP contribution in [0.25, 0.3) is 0 Å². The first-order valence-electron chi connectivity index (χ1n) is 10.9. The summed E-state index contributed by atoms with van der Waals surface area (Å²) in [6.07, 6.45) is 0. The van der Waals surface area contributed by atoms with Crippen molar-refractivity contribution in [3.63, 3.8) is 0 Å². The van der Waals surface area contributed by atoms with E-state index in [9.17, 15) is 0 Å². The van der Waals surface area contributed by atoms with E-state index in [1.165, 1.54) is 22.3 Å². The van der Waals surface area contributed by atoms with E-state index in [-0.39, 0.29) is 0 Å². The van der Waals surface area contributed by atoms with Crippen molar-refractivity contribution >= 4 is 48.3 Å². The van der Waals surface area contributed by atoms with Crippen LogP contribution in [0.5, 0.6) is 0 Å². The third-order valence-electron chi connectivity index (χ3n) is 5.40. The molecule has 4 unspecified atom stereocenters. The molecule has 0 amide bonds. The van der Waals surface area contributed by atoms with Crippen molar-refractivity contribution in [3.05, 3.63) is 119 Å². The van der Waals surface area contributed by atoms with Gasteiger partial charge in [-0.1, -0.05) is 0 Å². The van der Waals surface area contributed by atoms with Crippen molar-refractivity contribution in [1.29, 1.82) is 0 Å². The van der Waals surface area contributed by atoms with Crippen LogP contribution < -0.4 is 21.2 Å². The van der Waals surface area contributed by atoms with Gasteiger partial charge in [0.15, 0.2) is 0 Å². The van der Waals surface area contributed by atoms with Gasteiger partial charge >= 0.3 is 209 Å². The monoisotopic (exact) mass is 598 g/mol. The quantitative estimate of drug-likeness (QED) is 0.151. The van der Waals surface area contributed by atoms with Gasteiger partial charge in [0, 0.05) is 0 Å². The van der Waals surface area contributed by atoms with Crippen LogP contribution in [-0.2, 0) is 13.6 Å². The van der Waals surface area contributed by atoms with Crippen molar-refractivity contribution in [2.75, 3.05) is 0 Å². The van der Waals surface area contributed by atoms with Gasteiger partial charge in [-0.25, -0.2) is 0 Å². The molecule has 0 aliphatic rings. The van der Waals surface area contributed by atoms with Gasteiger partial charge < -0.3 is 0 Å². The summed E-state index contributed by atoms with van der Waals surface area (Å²) in [5, 5.41) is 6.33. The van der Waals surface area contributed by atoms with Crippen LogP contribution in [0.1, 0.15) is 22.3 Å². The predicted molar refractivity (Wildman–Crippen MR) is 157 cm³/mol. The zero-order valence-corrected chi connectivity index (χ0v) is 25.1. The van der Waals surface area contributed by atoms with E-state index in [1.807, 2.05) is 0 Å². The second kappa shape index (κ2) is 11.8. The molecule has 0 nitrogen and oxygen atoms in total. The molecule has 0 aliphatic carbocycles. The fourth-order valence-corrected chi connectivity index (χ4v) is 42.8. The third kappa shape index (κ3) is 6.69. The molecule has 4 aromatic carbocycles. The molecule has 33 heavy (non-hydrogen) atoms. The summed E-state index contributed by atoms with van der Waals surface area (Å²) in [5.41, 5.74) is 5.81. The molecule has 0 aromatic heterocycles. The first-order valence-corrected chi connectivity index (χ1v) is 23.5. The van der Waals surface area contributed by atoms with Gasteiger partial charge in [0.05, 0.1) is 0 Å². The number of benzene rings is 4. The standard InChI is InChI=1S/4C7H8P.Pd/c4*1-6-4-2-3-5-7(6)8;/h4*2-5,8H,1H3;/q4*-1;+4. The molecule has 4 aromatic rings. The van der Waals surface area contributed by atoms with E-state index in [4.69, 9.17) is 0 Å². The van der Waals surface area contributed by atoms with E-state index >= 15 is 0 Å². The van der Waals surface area contributed by atoms with Crippen LogP contribution in [0.15, 0.2) is 97.1 Å². The number of aryl methyl sites for hydroxylation is 4. The van der Waals surface area contributed by atoms with Gasteiger partial charge in [-0.15, -0.1) is 0 Å². The van der Waals surface area contributed by atoms with Crippen LogP contribution in [0.3, 0.4) is 0 Å². The fourth-order valence-electron chi connectivity index (χ4n) is 3.28. The van der Waals surface area contributed by atoms with E-state index in [0.717, 1.165) is 27.1 Å². The minimum atomic E-state index is -1.93. The molecule has 5 heteroatoms. The molecule has 4 atom stereocenters. The summed E-state index contributed by atoms with van der Waals surface area (Å²) in [5.74, 6) is 0. The predicted octanol–water partition coefficient (Wildman–Crippen LogP) is 7.05. The summed E-state index contributed by atoms with van der Waals surface area (Å²) in [6.45, 7) is 12.9. The van der Waals surface area contributed by atoms with Crippen LogP contribution in [0.4, 0.5) is 0 Å². The molecule has 4 rings (SSSR count). The van der Waals surface area contributed by atoms with Gasteiger partial charge in [0.2, 0.25) is 0 Å². The molecular formula is C28H32P4Pd. The Morgan fingerprint density at radius 3 is 0.788 bits per heavy atom. The summed E-state index contributed by atoms with van der Waals surface area (Å²) in [7, 11) is 0. The summed E-state index contributed by atoms with van der Waals surface area (Å²) < 4.78 is 0. The Morgan fingerprint density at radius 1 is 0.364 bits per heavy atom. The molecule has 0 heterocycles. The Bertz CT molecular complexity index is 1040. The maximum absolute atomic E-state index is 2.39. The molecule has 0 radical (unpaired) electrons. The second-order valence-corrected chi connectivity index (χ2v) is 40.3. The zero-order chi connectivity index (χ0) is 23.3.